The maximum absolute atomic E-state index is 11.5. The Bertz CT molecular complexity index is 531. The largest absolute Gasteiger partial charge is 0.466 e. The molecule has 0 amide bonds. The average Bonchev–Trinajstić information content (AvgIpc) is 2.82. The number of rotatable bonds is 4. The SMILES string of the molecule is Cc1ccc(C(O)(CS(C)=O)c2ccco2)cc1. The fourth-order valence-corrected chi connectivity index (χ4v) is 2.83. The van der Waals surface area contributed by atoms with Crippen molar-refractivity contribution in [2.45, 2.75) is 12.5 Å². The Kier molecular flexibility index (Phi) is 3.68. The molecule has 96 valence electrons. The van der Waals surface area contributed by atoms with Crippen LogP contribution in [0.15, 0.2) is 47.1 Å². The highest BCUT2D eigenvalue weighted by Crippen LogP contribution is 2.31. The number of benzene rings is 1. The second kappa shape index (κ2) is 5.08. The number of hydrogen-bond donors (Lipinski definition) is 1. The van der Waals surface area contributed by atoms with Gasteiger partial charge in [-0.2, -0.15) is 0 Å². The van der Waals surface area contributed by atoms with E-state index in [0.717, 1.165) is 5.56 Å². The first-order chi connectivity index (χ1) is 8.52. The molecule has 0 fully saturated rings. The van der Waals surface area contributed by atoms with Gasteiger partial charge in [0, 0.05) is 17.1 Å². The van der Waals surface area contributed by atoms with Gasteiger partial charge in [-0.05, 0) is 24.6 Å². The van der Waals surface area contributed by atoms with Gasteiger partial charge in [0.25, 0.3) is 0 Å². The molecule has 4 heteroatoms. The fourth-order valence-electron chi connectivity index (χ4n) is 1.93. The molecule has 0 aliphatic rings. The van der Waals surface area contributed by atoms with Crippen LogP contribution in [0.2, 0.25) is 0 Å². The van der Waals surface area contributed by atoms with Gasteiger partial charge in [0.2, 0.25) is 0 Å². The maximum atomic E-state index is 11.5. The molecule has 0 spiro atoms. The summed E-state index contributed by atoms with van der Waals surface area (Å²) in [6, 6.07) is 10.9. The Morgan fingerprint density at radius 1 is 1.28 bits per heavy atom. The van der Waals surface area contributed by atoms with Crippen molar-refractivity contribution in [3.05, 3.63) is 59.5 Å². The van der Waals surface area contributed by atoms with Gasteiger partial charge in [-0.1, -0.05) is 29.8 Å². The van der Waals surface area contributed by atoms with Crippen LogP contribution in [-0.4, -0.2) is 21.3 Å². The second-order valence-electron chi connectivity index (χ2n) is 4.42. The van der Waals surface area contributed by atoms with Gasteiger partial charge < -0.3 is 9.52 Å². The molecule has 18 heavy (non-hydrogen) atoms. The van der Waals surface area contributed by atoms with Gasteiger partial charge in [-0.3, -0.25) is 4.21 Å². The van der Waals surface area contributed by atoms with Crippen molar-refractivity contribution < 1.29 is 13.7 Å². The van der Waals surface area contributed by atoms with Gasteiger partial charge in [-0.25, -0.2) is 0 Å². The van der Waals surface area contributed by atoms with E-state index in [4.69, 9.17) is 4.42 Å². The molecule has 1 aromatic carbocycles. The molecule has 2 unspecified atom stereocenters. The van der Waals surface area contributed by atoms with E-state index in [-0.39, 0.29) is 5.75 Å². The van der Waals surface area contributed by atoms with Crippen molar-refractivity contribution in [2.24, 2.45) is 0 Å². The molecule has 2 atom stereocenters. The zero-order valence-electron chi connectivity index (χ0n) is 10.4. The number of aliphatic hydroxyl groups is 1. The molecule has 2 rings (SSSR count). The lowest BCUT2D eigenvalue weighted by Gasteiger charge is -2.25. The first kappa shape index (κ1) is 13.1. The highest BCUT2D eigenvalue weighted by molar-refractivity contribution is 7.84. The van der Waals surface area contributed by atoms with Crippen LogP contribution in [0.1, 0.15) is 16.9 Å². The Balaban J connectivity index is 2.48. The minimum Gasteiger partial charge on any atom is -0.466 e. The summed E-state index contributed by atoms with van der Waals surface area (Å²) in [6.07, 6.45) is 3.08. The summed E-state index contributed by atoms with van der Waals surface area (Å²) in [5.41, 5.74) is 0.466. The minimum absolute atomic E-state index is 0.115. The van der Waals surface area contributed by atoms with Crippen LogP contribution in [0.25, 0.3) is 0 Å². The molecule has 1 aromatic heterocycles. The predicted octanol–water partition coefficient (Wildman–Crippen LogP) is 2.20. The number of aryl methyl sites for hydroxylation is 1. The standard InChI is InChI=1S/C14H16O3S/c1-11-5-7-12(8-6-11)14(15,10-18(2)16)13-4-3-9-17-13/h3-9,15H,10H2,1-2H3. The highest BCUT2D eigenvalue weighted by atomic mass is 32.2. The zero-order chi connectivity index (χ0) is 13.2. The number of furan rings is 1. The Hall–Kier alpha value is -1.39. The topological polar surface area (TPSA) is 50.4 Å². The van der Waals surface area contributed by atoms with E-state index in [9.17, 15) is 9.32 Å². The Morgan fingerprint density at radius 2 is 1.94 bits per heavy atom. The fraction of sp³-hybridized carbons (Fsp3) is 0.286. The lowest BCUT2D eigenvalue weighted by atomic mass is 9.92. The van der Waals surface area contributed by atoms with Crippen LogP contribution in [0.4, 0.5) is 0 Å². The Morgan fingerprint density at radius 3 is 2.44 bits per heavy atom. The van der Waals surface area contributed by atoms with Crippen LogP contribution in [0.3, 0.4) is 0 Å². The first-order valence-electron chi connectivity index (χ1n) is 5.66. The van der Waals surface area contributed by atoms with Gasteiger partial charge >= 0.3 is 0 Å². The van der Waals surface area contributed by atoms with E-state index in [2.05, 4.69) is 0 Å². The molecule has 0 aliphatic heterocycles. The summed E-state index contributed by atoms with van der Waals surface area (Å²) >= 11 is 0. The molecule has 0 saturated carbocycles. The van der Waals surface area contributed by atoms with E-state index in [1.54, 1.807) is 18.4 Å². The summed E-state index contributed by atoms with van der Waals surface area (Å²) < 4.78 is 16.8. The minimum atomic E-state index is -1.34. The van der Waals surface area contributed by atoms with Crippen molar-refractivity contribution in [3.8, 4) is 0 Å². The molecule has 1 heterocycles. The smallest absolute Gasteiger partial charge is 0.158 e. The molecule has 1 N–H and O–H groups in total. The maximum Gasteiger partial charge on any atom is 0.158 e. The summed E-state index contributed by atoms with van der Waals surface area (Å²) in [5, 5.41) is 10.8. The molecule has 2 aromatic rings. The monoisotopic (exact) mass is 264 g/mol. The van der Waals surface area contributed by atoms with Crippen molar-refractivity contribution in [1.82, 2.24) is 0 Å². The molecular weight excluding hydrogens is 248 g/mol. The van der Waals surface area contributed by atoms with Crippen LogP contribution in [0, 0.1) is 6.92 Å². The van der Waals surface area contributed by atoms with Crippen LogP contribution >= 0.6 is 0 Å². The molecule has 3 nitrogen and oxygen atoms in total. The van der Waals surface area contributed by atoms with Crippen molar-refractivity contribution >= 4 is 10.8 Å². The second-order valence-corrected chi connectivity index (χ2v) is 5.86. The van der Waals surface area contributed by atoms with Crippen LogP contribution < -0.4 is 0 Å². The van der Waals surface area contributed by atoms with Crippen LogP contribution in [0.5, 0.6) is 0 Å². The quantitative estimate of drug-likeness (QED) is 0.921. The normalized spacial score (nSPS) is 16.2. The van der Waals surface area contributed by atoms with Gasteiger partial charge in [0.05, 0.1) is 12.0 Å². The third-order valence-electron chi connectivity index (χ3n) is 2.87. The zero-order valence-corrected chi connectivity index (χ0v) is 11.2. The van der Waals surface area contributed by atoms with Gasteiger partial charge in [0.15, 0.2) is 5.60 Å². The van der Waals surface area contributed by atoms with E-state index in [0.29, 0.717) is 11.3 Å². The summed E-state index contributed by atoms with van der Waals surface area (Å²) in [7, 11) is -1.14. The van der Waals surface area contributed by atoms with E-state index >= 15 is 0 Å². The third kappa shape index (κ3) is 2.54. The van der Waals surface area contributed by atoms with Crippen molar-refractivity contribution in [1.29, 1.82) is 0 Å². The van der Waals surface area contributed by atoms with Crippen molar-refractivity contribution in [2.75, 3.05) is 12.0 Å². The molecule has 0 saturated heterocycles. The number of hydrogen-bond acceptors (Lipinski definition) is 3. The molecule has 0 aliphatic carbocycles. The summed E-state index contributed by atoms with van der Waals surface area (Å²) in [4.78, 5) is 0. The molecule has 0 radical (unpaired) electrons. The van der Waals surface area contributed by atoms with Crippen LogP contribution in [-0.2, 0) is 16.4 Å². The van der Waals surface area contributed by atoms with Gasteiger partial charge in [-0.15, -0.1) is 0 Å². The highest BCUT2D eigenvalue weighted by Gasteiger charge is 2.35. The van der Waals surface area contributed by atoms with Gasteiger partial charge in [0.1, 0.15) is 5.76 Å². The summed E-state index contributed by atoms with van der Waals surface area (Å²) in [6.45, 7) is 1.98. The summed E-state index contributed by atoms with van der Waals surface area (Å²) in [5.74, 6) is 0.533. The lowest BCUT2D eigenvalue weighted by molar-refractivity contribution is 0.0809. The average molecular weight is 264 g/mol. The van der Waals surface area contributed by atoms with E-state index in [1.807, 2.05) is 31.2 Å². The van der Waals surface area contributed by atoms with E-state index in [1.165, 1.54) is 6.26 Å². The predicted molar refractivity (Wildman–Crippen MR) is 71.8 cm³/mol. The Labute approximate surface area is 109 Å². The molecule has 0 bridgehead atoms. The third-order valence-corrected chi connectivity index (χ3v) is 3.69. The lowest BCUT2D eigenvalue weighted by Crippen LogP contribution is -2.33. The molecular formula is C14H16O3S. The first-order valence-corrected chi connectivity index (χ1v) is 7.38. The van der Waals surface area contributed by atoms with E-state index < -0.39 is 16.4 Å². The van der Waals surface area contributed by atoms with Crippen molar-refractivity contribution in [3.63, 3.8) is 0 Å².